The minimum atomic E-state index is -0.807. The molecule has 1 rings (SSSR count). The second-order valence-electron chi connectivity index (χ2n) is 4.47. The number of rotatable bonds is 5. The highest BCUT2D eigenvalue weighted by molar-refractivity contribution is 5.67. The van der Waals surface area contributed by atoms with Gasteiger partial charge >= 0.3 is 5.97 Å². The highest BCUT2D eigenvalue weighted by Gasteiger charge is 2.28. The van der Waals surface area contributed by atoms with Crippen molar-refractivity contribution in [1.82, 2.24) is 5.32 Å². The second-order valence-corrected chi connectivity index (χ2v) is 4.47. The predicted molar refractivity (Wildman–Crippen MR) is 59.7 cm³/mol. The molecule has 1 aliphatic carbocycles. The van der Waals surface area contributed by atoms with Crippen LogP contribution in [-0.4, -0.2) is 30.2 Å². The third-order valence-corrected chi connectivity index (χ3v) is 3.36. The topological polar surface area (TPSA) is 75.3 Å². The quantitative estimate of drug-likeness (QED) is 0.637. The molecule has 1 aliphatic rings. The highest BCUT2D eigenvalue weighted by Crippen LogP contribution is 2.27. The van der Waals surface area contributed by atoms with Crippen LogP contribution < -0.4 is 11.1 Å². The Morgan fingerprint density at radius 2 is 2.07 bits per heavy atom. The van der Waals surface area contributed by atoms with Crippen LogP contribution in [0.4, 0.5) is 0 Å². The Hall–Kier alpha value is -0.610. The van der Waals surface area contributed by atoms with Crippen molar-refractivity contribution in [2.24, 2.45) is 11.7 Å². The number of nitrogens with one attached hydrogen (secondary N) is 1. The van der Waals surface area contributed by atoms with E-state index in [4.69, 9.17) is 10.8 Å². The first-order valence-electron chi connectivity index (χ1n) is 5.79. The molecule has 1 saturated carbocycles. The molecular weight excluding hydrogens is 192 g/mol. The molecule has 0 bridgehead atoms. The largest absolute Gasteiger partial charge is 0.481 e. The predicted octanol–water partition coefficient (Wildman–Crippen LogP) is 0.957. The van der Waals surface area contributed by atoms with Crippen LogP contribution in [0.15, 0.2) is 0 Å². The summed E-state index contributed by atoms with van der Waals surface area (Å²) in [5.41, 5.74) is 5.92. The molecule has 0 radical (unpaired) electrons. The van der Waals surface area contributed by atoms with Crippen LogP contribution in [0.3, 0.4) is 0 Å². The number of carbonyl (C=O) groups is 1. The first-order valence-corrected chi connectivity index (χ1v) is 5.79. The van der Waals surface area contributed by atoms with Gasteiger partial charge in [0.05, 0.1) is 6.42 Å². The summed E-state index contributed by atoms with van der Waals surface area (Å²) in [6, 6.07) is -0.114. The summed E-state index contributed by atoms with van der Waals surface area (Å²) in [7, 11) is 1.88. The maximum absolute atomic E-state index is 10.6. The highest BCUT2D eigenvalue weighted by atomic mass is 16.4. The summed E-state index contributed by atoms with van der Waals surface area (Å²) in [5, 5.41) is 11.9. The monoisotopic (exact) mass is 214 g/mol. The van der Waals surface area contributed by atoms with E-state index in [-0.39, 0.29) is 18.5 Å². The standard InChI is InChI=1S/C11H22N2O2/c1-13-11(9(12)7-10(14)15)8-5-3-2-4-6-8/h8-9,11,13H,2-7,12H2,1H3,(H,14,15). The molecule has 0 spiro atoms. The Morgan fingerprint density at radius 1 is 1.47 bits per heavy atom. The summed E-state index contributed by atoms with van der Waals surface area (Å²) < 4.78 is 0. The summed E-state index contributed by atoms with van der Waals surface area (Å²) in [5.74, 6) is -0.253. The SMILES string of the molecule is CNC(C(N)CC(=O)O)C1CCCCC1. The molecule has 4 heteroatoms. The van der Waals surface area contributed by atoms with E-state index in [1.165, 1.54) is 32.1 Å². The Kier molecular flexibility index (Phi) is 5.05. The molecule has 4 nitrogen and oxygen atoms in total. The second kappa shape index (κ2) is 6.08. The molecule has 2 unspecified atom stereocenters. The molecule has 88 valence electrons. The van der Waals surface area contributed by atoms with E-state index in [0.717, 1.165) is 0 Å². The Morgan fingerprint density at radius 3 is 2.53 bits per heavy atom. The van der Waals surface area contributed by atoms with E-state index >= 15 is 0 Å². The van der Waals surface area contributed by atoms with E-state index < -0.39 is 5.97 Å². The van der Waals surface area contributed by atoms with E-state index in [0.29, 0.717) is 5.92 Å². The van der Waals surface area contributed by atoms with E-state index in [1.54, 1.807) is 0 Å². The molecule has 0 aliphatic heterocycles. The number of hydrogen-bond donors (Lipinski definition) is 3. The van der Waals surface area contributed by atoms with Crippen LogP contribution in [0, 0.1) is 5.92 Å². The van der Waals surface area contributed by atoms with Gasteiger partial charge in [-0.25, -0.2) is 0 Å². The van der Waals surface area contributed by atoms with E-state index in [2.05, 4.69) is 5.32 Å². The minimum absolute atomic E-state index is 0.0575. The maximum Gasteiger partial charge on any atom is 0.304 e. The summed E-state index contributed by atoms with van der Waals surface area (Å²) in [6.45, 7) is 0. The fraction of sp³-hybridized carbons (Fsp3) is 0.909. The van der Waals surface area contributed by atoms with Gasteiger partial charge in [-0.15, -0.1) is 0 Å². The molecule has 0 aromatic rings. The fourth-order valence-corrected chi connectivity index (χ4v) is 2.62. The summed E-state index contributed by atoms with van der Waals surface area (Å²) in [6.07, 6.45) is 6.23. The Balaban J connectivity index is 2.48. The normalized spacial score (nSPS) is 22.3. The van der Waals surface area contributed by atoms with Gasteiger partial charge in [0.2, 0.25) is 0 Å². The molecule has 0 aromatic heterocycles. The average molecular weight is 214 g/mol. The lowest BCUT2D eigenvalue weighted by molar-refractivity contribution is -0.137. The first-order chi connectivity index (χ1) is 7.15. The minimum Gasteiger partial charge on any atom is -0.481 e. The van der Waals surface area contributed by atoms with Crippen molar-refractivity contribution in [2.45, 2.75) is 50.6 Å². The lowest BCUT2D eigenvalue weighted by Crippen LogP contribution is -2.49. The van der Waals surface area contributed by atoms with Crippen LogP contribution in [0.1, 0.15) is 38.5 Å². The van der Waals surface area contributed by atoms with Crippen LogP contribution >= 0.6 is 0 Å². The number of carboxylic acid groups (broad SMARTS) is 1. The van der Waals surface area contributed by atoms with Crippen LogP contribution in [0.2, 0.25) is 0 Å². The summed E-state index contributed by atoms with van der Waals surface area (Å²) in [4.78, 5) is 10.6. The van der Waals surface area contributed by atoms with Gasteiger partial charge in [-0.2, -0.15) is 0 Å². The zero-order valence-electron chi connectivity index (χ0n) is 9.41. The zero-order valence-corrected chi connectivity index (χ0v) is 9.41. The summed E-state index contributed by atoms with van der Waals surface area (Å²) >= 11 is 0. The number of hydrogen-bond acceptors (Lipinski definition) is 3. The van der Waals surface area contributed by atoms with Gasteiger partial charge < -0.3 is 16.2 Å². The average Bonchev–Trinajstić information content (AvgIpc) is 2.19. The maximum atomic E-state index is 10.6. The lowest BCUT2D eigenvalue weighted by Gasteiger charge is -2.33. The molecule has 4 N–H and O–H groups in total. The Labute approximate surface area is 91.2 Å². The van der Waals surface area contributed by atoms with Gasteiger partial charge in [0.15, 0.2) is 0 Å². The smallest absolute Gasteiger partial charge is 0.304 e. The van der Waals surface area contributed by atoms with Gasteiger partial charge in [-0.3, -0.25) is 4.79 Å². The van der Waals surface area contributed by atoms with Crippen molar-refractivity contribution < 1.29 is 9.90 Å². The molecule has 0 aromatic carbocycles. The number of likely N-dealkylation sites (N-methyl/N-ethyl adjacent to an activating group) is 1. The molecular formula is C11H22N2O2. The van der Waals surface area contributed by atoms with Crippen molar-refractivity contribution in [3.8, 4) is 0 Å². The van der Waals surface area contributed by atoms with Crippen LogP contribution in [-0.2, 0) is 4.79 Å². The number of carboxylic acids is 1. The number of nitrogens with two attached hydrogens (primary N) is 1. The molecule has 0 heterocycles. The van der Waals surface area contributed by atoms with E-state index in [1.807, 2.05) is 7.05 Å². The third-order valence-electron chi connectivity index (χ3n) is 3.36. The van der Waals surface area contributed by atoms with Crippen molar-refractivity contribution in [1.29, 1.82) is 0 Å². The molecule has 0 saturated heterocycles. The molecule has 1 fully saturated rings. The van der Waals surface area contributed by atoms with Crippen molar-refractivity contribution in [3.63, 3.8) is 0 Å². The lowest BCUT2D eigenvalue weighted by atomic mass is 9.80. The van der Waals surface area contributed by atoms with E-state index in [9.17, 15) is 4.79 Å². The molecule has 15 heavy (non-hydrogen) atoms. The molecule has 0 amide bonds. The van der Waals surface area contributed by atoms with Gasteiger partial charge in [-0.05, 0) is 25.8 Å². The van der Waals surface area contributed by atoms with Crippen molar-refractivity contribution >= 4 is 5.97 Å². The van der Waals surface area contributed by atoms with Gasteiger partial charge in [0, 0.05) is 12.1 Å². The van der Waals surface area contributed by atoms with Crippen LogP contribution in [0.25, 0.3) is 0 Å². The Bertz CT molecular complexity index is 203. The first kappa shape index (κ1) is 12.5. The molecule has 2 atom stereocenters. The van der Waals surface area contributed by atoms with Gasteiger partial charge in [-0.1, -0.05) is 19.3 Å². The third kappa shape index (κ3) is 3.80. The number of aliphatic carboxylic acids is 1. The fourth-order valence-electron chi connectivity index (χ4n) is 2.62. The zero-order chi connectivity index (χ0) is 11.3. The van der Waals surface area contributed by atoms with Crippen molar-refractivity contribution in [2.75, 3.05) is 7.05 Å². The van der Waals surface area contributed by atoms with Gasteiger partial charge in [0.25, 0.3) is 0 Å². The van der Waals surface area contributed by atoms with Crippen LogP contribution in [0.5, 0.6) is 0 Å². The van der Waals surface area contributed by atoms with Crippen molar-refractivity contribution in [3.05, 3.63) is 0 Å². The van der Waals surface area contributed by atoms with Gasteiger partial charge in [0.1, 0.15) is 0 Å².